The second kappa shape index (κ2) is 3.65. The Bertz CT molecular complexity index is 217. The summed E-state index contributed by atoms with van der Waals surface area (Å²) in [4.78, 5) is 17.1. The van der Waals surface area contributed by atoms with E-state index in [4.69, 9.17) is 21.3 Å². The number of nitrogens with two attached hydrogens (primary N) is 2. The fourth-order valence-corrected chi connectivity index (χ4v) is 2.03. The highest BCUT2D eigenvalue weighted by molar-refractivity contribution is 7.46. The summed E-state index contributed by atoms with van der Waals surface area (Å²) in [5.74, 6) is 0. The average Bonchev–Trinajstić information content (AvgIpc) is 1.91. The van der Waals surface area contributed by atoms with Gasteiger partial charge in [0.25, 0.3) is 0 Å². The van der Waals surface area contributed by atoms with E-state index in [1.54, 1.807) is 0 Å². The fourth-order valence-electron chi connectivity index (χ4n) is 1.43. The molecule has 0 saturated heterocycles. The molecule has 0 radical (unpaired) electrons. The lowest BCUT2D eigenvalue weighted by Gasteiger charge is -2.33. The Morgan fingerprint density at radius 1 is 1.31 bits per heavy atom. The molecule has 1 saturated carbocycles. The molecular formula is C6H15N2O4P. The van der Waals surface area contributed by atoms with Gasteiger partial charge in [-0.15, -0.1) is 0 Å². The highest BCUT2D eigenvalue weighted by atomic mass is 31.2. The smallest absolute Gasteiger partial charge is 0.313 e. The van der Waals surface area contributed by atoms with Crippen LogP contribution < -0.4 is 11.5 Å². The molecule has 0 bridgehead atoms. The predicted molar refractivity (Wildman–Crippen MR) is 46.5 cm³/mol. The Labute approximate surface area is 76.5 Å². The van der Waals surface area contributed by atoms with Gasteiger partial charge >= 0.3 is 7.82 Å². The van der Waals surface area contributed by atoms with Crippen LogP contribution in [0.15, 0.2) is 0 Å². The normalized spacial score (nSPS) is 24.6. The van der Waals surface area contributed by atoms with Gasteiger partial charge in [0, 0.05) is 0 Å². The van der Waals surface area contributed by atoms with Crippen LogP contribution in [0.1, 0.15) is 25.7 Å². The van der Waals surface area contributed by atoms with Crippen LogP contribution in [-0.4, -0.2) is 21.6 Å². The van der Waals surface area contributed by atoms with Gasteiger partial charge in [0.1, 0.15) is 0 Å². The van der Waals surface area contributed by atoms with Crippen LogP contribution in [0.2, 0.25) is 0 Å². The Balaban J connectivity index is 2.38. The van der Waals surface area contributed by atoms with Gasteiger partial charge in [0.15, 0.2) is 0 Å². The summed E-state index contributed by atoms with van der Waals surface area (Å²) in [5, 5.41) is 0. The molecule has 6 N–H and O–H groups in total. The van der Waals surface area contributed by atoms with Crippen molar-refractivity contribution in [1.82, 2.24) is 0 Å². The highest BCUT2D eigenvalue weighted by Crippen LogP contribution is 2.41. The van der Waals surface area contributed by atoms with Gasteiger partial charge in [0.05, 0.1) is 11.8 Å². The molecule has 0 spiro atoms. The van der Waals surface area contributed by atoms with E-state index >= 15 is 0 Å². The van der Waals surface area contributed by atoms with E-state index < -0.39 is 19.6 Å². The van der Waals surface area contributed by atoms with Gasteiger partial charge in [-0.1, -0.05) is 0 Å². The zero-order chi connectivity index (χ0) is 10.1. The Morgan fingerprint density at radius 3 is 2.15 bits per heavy atom. The van der Waals surface area contributed by atoms with E-state index in [2.05, 4.69) is 4.52 Å². The van der Waals surface area contributed by atoms with Crippen LogP contribution in [-0.2, 0) is 9.09 Å². The van der Waals surface area contributed by atoms with Crippen molar-refractivity contribution in [3.8, 4) is 0 Å². The summed E-state index contributed by atoms with van der Waals surface area (Å²) in [7, 11) is -4.36. The molecule has 7 heteroatoms. The molecule has 1 aliphatic rings. The van der Waals surface area contributed by atoms with E-state index in [1.807, 2.05) is 0 Å². The largest absolute Gasteiger partial charge is 0.469 e. The number of phosphoric ester groups is 1. The SMILES string of the molecule is NC1(N)CCC(OP(=O)(O)O)CC1. The molecule has 0 aromatic carbocycles. The second-order valence-corrected chi connectivity index (χ2v) is 4.72. The van der Waals surface area contributed by atoms with Gasteiger partial charge < -0.3 is 21.3 Å². The van der Waals surface area contributed by atoms with Crippen LogP contribution in [0.25, 0.3) is 0 Å². The third-order valence-electron chi connectivity index (χ3n) is 2.15. The molecule has 78 valence electrons. The highest BCUT2D eigenvalue weighted by Gasteiger charge is 2.31. The summed E-state index contributed by atoms with van der Waals surface area (Å²) in [6, 6.07) is 0. The van der Waals surface area contributed by atoms with Gasteiger partial charge in [-0.3, -0.25) is 4.52 Å². The van der Waals surface area contributed by atoms with Gasteiger partial charge in [-0.05, 0) is 25.7 Å². The summed E-state index contributed by atoms with van der Waals surface area (Å²) in [5.41, 5.74) is 10.6. The lowest BCUT2D eigenvalue weighted by atomic mass is 9.89. The van der Waals surface area contributed by atoms with Crippen molar-refractivity contribution in [3.63, 3.8) is 0 Å². The van der Waals surface area contributed by atoms with Gasteiger partial charge in [-0.2, -0.15) is 0 Å². The van der Waals surface area contributed by atoms with Crippen molar-refractivity contribution in [3.05, 3.63) is 0 Å². The molecule has 0 aromatic heterocycles. The van der Waals surface area contributed by atoms with E-state index in [-0.39, 0.29) is 0 Å². The fraction of sp³-hybridized carbons (Fsp3) is 1.00. The van der Waals surface area contributed by atoms with Crippen LogP contribution >= 0.6 is 7.82 Å². The molecule has 0 atom stereocenters. The van der Waals surface area contributed by atoms with Crippen molar-refractivity contribution in [2.24, 2.45) is 11.5 Å². The van der Waals surface area contributed by atoms with Crippen molar-refractivity contribution in [1.29, 1.82) is 0 Å². The minimum atomic E-state index is -4.36. The minimum Gasteiger partial charge on any atom is -0.313 e. The van der Waals surface area contributed by atoms with E-state index in [0.717, 1.165) is 0 Å². The lowest BCUT2D eigenvalue weighted by Crippen LogP contribution is -2.52. The summed E-state index contributed by atoms with van der Waals surface area (Å²) in [6.07, 6.45) is 1.63. The molecule has 1 fully saturated rings. The molecule has 0 aliphatic heterocycles. The summed E-state index contributed by atoms with van der Waals surface area (Å²) >= 11 is 0. The monoisotopic (exact) mass is 210 g/mol. The van der Waals surface area contributed by atoms with E-state index in [0.29, 0.717) is 25.7 Å². The first-order valence-corrected chi connectivity index (χ1v) is 5.63. The number of hydrogen-bond donors (Lipinski definition) is 4. The third kappa shape index (κ3) is 4.17. The zero-order valence-electron chi connectivity index (χ0n) is 7.22. The molecule has 0 heterocycles. The van der Waals surface area contributed by atoms with Crippen molar-refractivity contribution in [2.45, 2.75) is 37.5 Å². The van der Waals surface area contributed by atoms with Crippen LogP contribution in [0.3, 0.4) is 0 Å². The number of hydrogen-bond acceptors (Lipinski definition) is 4. The maximum Gasteiger partial charge on any atom is 0.469 e. The number of rotatable bonds is 2. The lowest BCUT2D eigenvalue weighted by molar-refractivity contribution is 0.0830. The Kier molecular flexibility index (Phi) is 3.12. The average molecular weight is 210 g/mol. The summed E-state index contributed by atoms with van der Waals surface area (Å²) < 4.78 is 15.0. The minimum absolute atomic E-state index is 0.416. The summed E-state index contributed by atoms with van der Waals surface area (Å²) in [6.45, 7) is 0. The number of phosphoric acid groups is 1. The standard InChI is InChI=1S/C6H15N2O4P/c7-6(8)3-1-5(2-4-6)12-13(9,10)11/h5H,1-4,7-8H2,(H2,9,10,11). The molecule has 0 amide bonds. The quantitative estimate of drug-likeness (QED) is 0.365. The van der Waals surface area contributed by atoms with Crippen LogP contribution in [0.5, 0.6) is 0 Å². The van der Waals surface area contributed by atoms with Gasteiger partial charge in [-0.25, -0.2) is 4.57 Å². The maximum absolute atomic E-state index is 10.5. The first-order valence-electron chi connectivity index (χ1n) is 4.10. The molecule has 0 aromatic rings. The van der Waals surface area contributed by atoms with E-state index in [1.165, 1.54) is 0 Å². The first-order chi connectivity index (χ1) is 5.79. The van der Waals surface area contributed by atoms with Gasteiger partial charge in [0.2, 0.25) is 0 Å². The Morgan fingerprint density at radius 2 is 1.77 bits per heavy atom. The van der Waals surface area contributed by atoms with Crippen LogP contribution in [0.4, 0.5) is 0 Å². The molecule has 1 aliphatic carbocycles. The van der Waals surface area contributed by atoms with Crippen molar-refractivity contribution < 1.29 is 18.9 Å². The molecule has 6 nitrogen and oxygen atoms in total. The van der Waals surface area contributed by atoms with E-state index in [9.17, 15) is 4.57 Å². The second-order valence-electron chi connectivity index (χ2n) is 3.53. The zero-order valence-corrected chi connectivity index (χ0v) is 8.11. The first kappa shape index (κ1) is 11.1. The Hall–Kier alpha value is 0.0300. The predicted octanol–water partition coefficient (Wildman–Crippen LogP) is -0.348. The third-order valence-corrected chi connectivity index (χ3v) is 2.72. The van der Waals surface area contributed by atoms with Crippen molar-refractivity contribution >= 4 is 7.82 Å². The van der Waals surface area contributed by atoms with Crippen LogP contribution in [0, 0.1) is 0 Å². The molecular weight excluding hydrogens is 195 g/mol. The topological polar surface area (TPSA) is 119 Å². The molecule has 13 heavy (non-hydrogen) atoms. The molecule has 1 rings (SSSR count). The maximum atomic E-state index is 10.5. The molecule has 0 unspecified atom stereocenters. The van der Waals surface area contributed by atoms with Crippen molar-refractivity contribution in [2.75, 3.05) is 0 Å².